The van der Waals surface area contributed by atoms with Crippen LogP contribution < -0.4 is 5.32 Å². The molecule has 1 aromatic rings. The Kier molecular flexibility index (Phi) is 3.24. The fourth-order valence-corrected chi connectivity index (χ4v) is 2.80. The fourth-order valence-electron chi connectivity index (χ4n) is 1.59. The molecule has 3 nitrogen and oxygen atoms in total. The van der Waals surface area contributed by atoms with Crippen molar-refractivity contribution in [2.45, 2.75) is 25.0 Å². The third-order valence-corrected chi connectivity index (χ3v) is 3.62. The Labute approximate surface area is 88.7 Å². The van der Waals surface area contributed by atoms with E-state index in [0.29, 0.717) is 5.25 Å². The van der Waals surface area contributed by atoms with Gasteiger partial charge in [-0.1, -0.05) is 0 Å². The van der Waals surface area contributed by atoms with Crippen LogP contribution >= 0.6 is 11.8 Å². The minimum Gasteiger partial charge on any atom is -0.370 e. The van der Waals surface area contributed by atoms with E-state index in [9.17, 15) is 0 Å². The van der Waals surface area contributed by atoms with Crippen molar-refractivity contribution in [2.24, 2.45) is 0 Å². The smallest absolute Gasteiger partial charge is 0.143 e. The number of anilines is 1. The summed E-state index contributed by atoms with van der Waals surface area (Å²) in [6.45, 7) is 2.99. The van der Waals surface area contributed by atoms with Crippen LogP contribution in [0.2, 0.25) is 0 Å². The maximum atomic E-state index is 4.50. The highest BCUT2D eigenvalue weighted by Gasteiger charge is 2.20. The van der Waals surface area contributed by atoms with Crippen LogP contribution in [0.3, 0.4) is 0 Å². The first kappa shape index (κ1) is 9.77. The molecule has 0 spiro atoms. The number of nitrogens with zero attached hydrogens (tertiary/aromatic N) is 2. The van der Waals surface area contributed by atoms with E-state index in [2.05, 4.69) is 22.2 Å². The molecule has 1 N–H and O–H groups in total. The molecule has 0 amide bonds. The van der Waals surface area contributed by atoms with Gasteiger partial charge in [-0.2, -0.15) is 11.8 Å². The molecule has 76 valence electrons. The Morgan fingerprint density at radius 2 is 2.57 bits per heavy atom. The van der Waals surface area contributed by atoms with Crippen LogP contribution in [0.4, 0.5) is 5.82 Å². The van der Waals surface area contributed by atoms with Crippen molar-refractivity contribution in [1.82, 2.24) is 9.97 Å². The zero-order chi connectivity index (χ0) is 9.80. The highest BCUT2D eigenvalue weighted by Crippen LogP contribution is 2.38. The number of hydrogen-bond donors (Lipinski definition) is 1. The van der Waals surface area contributed by atoms with E-state index in [1.807, 2.05) is 24.0 Å². The van der Waals surface area contributed by atoms with E-state index in [1.165, 1.54) is 18.6 Å². The van der Waals surface area contributed by atoms with Crippen molar-refractivity contribution < 1.29 is 0 Å². The molecule has 0 aliphatic carbocycles. The highest BCUT2D eigenvalue weighted by atomic mass is 32.2. The molecule has 0 aromatic carbocycles. The van der Waals surface area contributed by atoms with E-state index in [1.54, 1.807) is 0 Å². The Morgan fingerprint density at radius 3 is 3.29 bits per heavy atom. The molecular formula is C10H15N3S. The Balaban J connectivity index is 2.12. The molecule has 1 fully saturated rings. The number of aromatic nitrogens is 2. The molecule has 4 heteroatoms. The molecular weight excluding hydrogens is 194 g/mol. The van der Waals surface area contributed by atoms with Gasteiger partial charge in [-0.05, 0) is 31.6 Å². The first-order chi connectivity index (χ1) is 6.90. The van der Waals surface area contributed by atoms with Gasteiger partial charge in [0.05, 0.1) is 5.25 Å². The van der Waals surface area contributed by atoms with Gasteiger partial charge in [-0.25, -0.2) is 9.97 Å². The molecule has 1 aromatic heterocycles. The van der Waals surface area contributed by atoms with Crippen LogP contribution in [0, 0.1) is 0 Å². The maximum Gasteiger partial charge on any atom is 0.143 e. The van der Waals surface area contributed by atoms with Crippen molar-refractivity contribution in [3.63, 3.8) is 0 Å². The van der Waals surface area contributed by atoms with Crippen molar-refractivity contribution >= 4 is 17.6 Å². The number of thioether (sulfide) groups is 1. The summed E-state index contributed by atoms with van der Waals surface area (Å²) >= 11 is 1.97. The van der Waals surface area contributed by atoms with Crippen LogP contribution in [0.15, 0.2) is 12.3 Å². The van der Waals surface area contributed by atoms with Crippen LogP contribution in [-0.4, -0.2) is 22.3 Å². The van der Waals surface area contributed by atoms with Gasteiger partial charge in [0.25, 0.3) is 0 Å². The average molecular weight is 209 g/mol. The Hall–Kier alpha value is -0.770. The molecule has 14 heavy (non-hydrogen) atoms. The van der Waals surface area contributed by atoms with Crippen LogP contribution in [0.25, 0.3) is 0 Å². The van der Waals surface area contributed by atoms with Crippen molar-refractivity contribution in [3.8, 4) is 0 Å². The zero-order valence-corrected chi connectivity index (χ0v) is 9.18. The predicted octanol–water partition coefficient (Wildman–Crippen LogP) is 2.48. The lowest BCUT2D eigenvalue weighted by Gasteiger charge is -2.08. The summed E-state index contributed by atoms with van der Waals surface area (Å²) in [6.07, 6.45) is 4.36. The topological polar surface area (TPSA) is 37.8 Å². The first-order valence-electron chi connectivity index (χ1n) is 5.08. The molecule has 1 aliphatic heterocycles. The summed E-state index contributed by atoms with van der Waals surface area (Å²) in [5.41, 5.74) is 0. The van der Waals surface area contributed by atoms with Gasteiger partial charge in [0, 0.05) is 12.7 Å². The SMILES string of the molecule is CCNc1ccnc(C2CCCS2)n1. The molecule has 0 saturated carbocycles. The molecule has 1 saturated heterocycles. The van der Waals surface area contributed by atoms with Gasteiger partial charge in [-0.15, -0.1) is 0 Å². The lowest BCUT2D eigenvalue weighted by Crippen LogP contribution is -2.04. The van der Waals surface area contributed by atoms with Gasteiger partial charge >= 0.3 is 0 Å². The molecule has 1 unspecified atom stereocenters. The minimum atomic E-state index is 0.522. The molecule has 2 rings (SSSR count). The highest BCUT2D eigenvalue weighted by molar-refractivity contribution is 7.99. The van der Waals surface area contributed by atoms with Crippen molar-refractivity contribution in [2.75, 3.05) is 17.6 Å². The molecule has 0 bridgehead atoms. The molecule has 1 aliphatic rings. The number of rotatable bonds is 3. The summed E-state index contributed by atoms with van der Waals surface area (Å²) in [5, 5.41) is 3.73. The van der Waals surface area contributed by atoms with E-state index in [0.717, 1.165) is 18.2 Å². The number of nitrogens with one attached hydrogen (secondary N) is 1. The van der Waals surface area contributed by atoms with Gasteiger partial charge in [0.15, 0.2) is 0 Å². The van der Waals surface area contributed by atoms with Crippen LogP contribution in [-0.2, 0) is 0 Å². The number of hydrogen-bond acceptors (Lipinski definition) is 4. The lowest BCUT2D eigenvalue weighted by molar-refractivity contribution is 0.777. The third kappa shape index (κ3) is 2.18. The fraction of sp³-hybridized carbons (Fsp3) is 0.600. The van der Waals surface area contributed by atoms with E-state index in [-0.39, 0.29) is 0 Å². The summed E-state index contributed by atoms with van der Waals surface area (Å²) in [6, 6.07) is 1.92. The second-order valence-corrected chi connectivity index (χ2v) is 4.64. The van der Waals surface area contributed by atoms with Crippen LogP contribution in [0.1, 0.15) is 30.8 Å². The van der Waals surface area contributed by atoms with Crippen molar-refractivity contribution in [1.29, 1.82) is 0 Å². The van der Waals surface area contributed by atoms with E-state index in [4.69, 9.17) is 0 Å². The summed E-state index contributed by atoms with van der Waals surface area (Å²) < 4.78 is 0. The summed E-state index contributed by atoms with van der Waals surface area (Å²) in [5.74, 6) is 3.19. The normalized spacial score (nSPS) is 21.1. The Morgan fingerprint density at radius 1 is 1.64 bits per heavy atom. The van der Waals surface area contributed by atoms with Gasteiger partial charge in [0.1, 0.15) is 11.6 Å². The minimum absolute atomic E-state index is 0.522. The van der Waals surface area contributed by atoms with Gasteiger partial charge in [0.2, 0.25) is 0 Å². The van der Waals surface area contributed by atoms with Gasteiger partial charge in [-0.3, -0.25) is 0 Å². The van der Waals surface area contributed by atoms with Crippen molar-refractivity contribution in [3.05, 3.63) is 18.1 Å². The third-order valence-electron chi connectivity index (χ3n) is 2.25. The second kappa shape index (κ2) is 4.64. The summed E-state index contributed by atoms with van der Waals surface area (Å²) in [7, 11) is 0. The lowest BCUT2D eigenvalue weighted by atomic mass is 10.2. The summed E-state index contributed by atoms with van der Waals surface area (Å²) in [4.78, 5) is 8.83. The Bertz CT molecular complexity index is 297. The monoisotopic (exact) mass is 209 g/mol. The largest absolute Gasteiger partial charge is 0.370 e. The zero-order valence-electron chi connectivity index (χ0n) is 8.36. The second-order valence-electron chi connectivity index (χ2n) is 3.33. The predicted molar refractivity (Wildman–Crippen MR) is 60.6 cm³/mol. The average Bonchev–Trinajstić information content (AvgIpc) is 2.71. The quantitative estimate of drug-likeness (QED) is 0.830. The van der Waals surface area contributed by atoms with Crippen LogP contribution in [0.5, 0.6) is 0 Å². The van der Waals surface area contributed by atoms with E-state index < -0.39 is 0 Å². The molecule has 0 radical (unpaired) electrons. The molecule has 2 heterocycles. The first-order valence-corrected chi connectivity index (χ1v) is 6.13. The van der Waals surface area contributed by atoms with Gasteiger partial charge < -0.3 is 5.32 Å². The van der Waals surface area contributed by atoms with E-state index >= 15 is 0 Å². The molecule has 1 atom stereocenters. The standard InChI is InChI=1S/C10H15N3S/c1-2-11-9-5-6-12-10(13-9)8-4-3-7-14-8/h5-6,8H,2-4,7H2,1H3,(H,11,12,13). The maximum absolute atomic E-state index is 4.50.